The van der Waals surface area contributed by atoms with Crippen LogP contribution in [0.4, 0.5) is 0 Å². The van der Waals surface area contributed by atoms with Gasteiger partial charge in [-0.25, -0.2) is 0 Å². The first-order chi connectivity index (χ1) is 4.70. The fraction of sp³-hybridized carbons (Fsp3) is 0.500. The summed E-state index contributed by atoms with van der Waals surface area (Å²) < 4.78 is -0.535. The molecule has 4 heteroatoms. The average molecular weight is 177 g/mol. The molecule has 1 unspecified atom stereocenters. The van der Waals surface area contributed by atoms with Gasteiger partial charge in [-0.05, 0) is 12.5 Å². The molecular weight excluding hydrogens is 171 g/mol. The number of hydrogen-bond donors (Lipinski definition) is 1. The summed E-state index contributed by atoms with van der Waals surface area (Å²) >= 11 is 11.6. The summed E-state index contributed by atoms with van der Waals surface area (Å²) in [6, 6.07) is 1.90. The van der Waals surface area contributed by atoms with Crippen molar-refractivity contribution in [3.63, 3.8) is 0 Å². The summed E-state index contributed by atoms with van der Waals surface area (Å²) in [6.07, 6.45) is 2.54. The minimum Gasteiger partial charge on any atom is -0.282 e. The van der Waals surface area contributed by atoms with E-state index in [4.69, 9.17) is 23.2 Å². The Labute approximate surface area is 68.5 Å². The molecule has 1 fully saturated rings. The molecule has 0 radical (unpaired) electrons. The molecule has 0 saturated heterocycles. The third-order valence-corrected chi connectivity index (χ3v) is 2.56. The second-order valence-corrected chi connectivity index (χ2v) is 4.07. The molecule has 10 heavy (non-hydrogen) atoms. The van der Waals surface area contributed by atoms with Gasteiger partial charge in [0.1, 0.15) is 4.33 Å². The van der Waals surface area contributed by atoms with E-state index in [1.54, 1.807) is 6.20 Å². The van der Waals surface area contributed by atoms with Crippen molar-refractivity contribution in [1.29, 1.82) is 0 Å². The number of nitrogens with one attached hydrogen (secondary N) is 1. The lowest BCUT2D eigenvalue weighted by atomic mass is 10.3. The number of aromatic nitrogens is 2. The molecule has 1 atom stereocenters. The van der Waals surface area contributed by atoms with Crippen molar-refractivity contribution in [3.8, 4) is 0 Å². The van der Waals surface area contributed by atoms with Gasteiger partial charge in [0, 0.05) is 17.8 Å². The maximum absolute atomic E-state index is 5.82. The highest BCUT2D eigenvalue weighted by Crippen LogP contribution is 2.58. The fourth-order valence-electron chi connectivity index (χ4n) is 1.01. The quantitative estimate of drug-likeness (QED) is 0.653. The Morgan fingerprint density at radius 1 is 1.70 bits per heavy atom. The number of halogens is 2. The zero-order chi connectivity index (χ0) is 7.19. The summed E-state index contributed by atoms with van der Waals surface area (Å²) in [4.78, 5) is 0. The fourth-order valence-corrected chi connectivity index (χ4v) is 1.56. The van der Waals surface area contributed by atoms with Crippen molar-refractivity contribution >= 4 is 23.2 Å². The van der Waals surface area contributed by atoms with E-state index in [0.717, 1.165) is 12.1 Å². The highest BCUT2D eigenvalue weighted by Gasteiger charge is 2.53. The zero-order valence-electron chi connectivity index (χ0n) is 5.14. The molecule has 1 aromatic rings. The molecular formula is C6H6Cl2N2. The van der Waals surface area contributed by atoms with Crippen LogP contribution in [-0.2, 0) is 0 Å². The van der Waals surface area contributed by atoms with E-state index in [9.17, 15) is 0 Å². The molecule has 0 spiro atoms. The smallest absolute Gasteiger partial charge is 0.127 e. The second-order valence-electron chi connectivity index (χ2n) is 2.53. The van der Waals surface area contributed by atoms with E-state index in [-0.39, 0.29) is 5.92 Å². The van der Waals surface area contributed by atoms with Crippen LogP contribution in [0.2, 0.25) is 0 Å². The molecule has 0 aliphatic heterocycles. The average Bonchev–Trinajstić information content (AvgIpc) is 2.31. The van der Waals surface area contributed by atoms with Crippen LogP contribution in [0.15, 0.2) is 12.3 Å². The minimum absolute atomic E-state index is 0.262. The van der Waals surface area contributed by atoms with Gasteiger partial charge in [0.05, 0.1) is 0 Å². The predicted octanol–water partition coefficient (Wildman–Crippen LogP) is 2.07. The Balaban J connectivity index is 2.19. The van der Waals surface area contributed by atoms with Crippen LogP contribution >= 0.6 is 23.2 Å². The molecule has 0 amide bonds. The normalized spacial score (nSPS) is 28.4. The molecule has 1 aliphatic carbocycles. The van der Waals surface area contributed by atoms with Crippen LogP contribution in [0.3, 0.4) is 0 Å². The standard InChI is InChI=1S/C6H6Cl2N2/c7-6(8)3-4(6)5-1-2-9-10-5/h1-2,4H,3H2,(H,9,10). The first-order valence-corrected chi connectivity index (χ1v) is 3.83. The molecule has 2 nitrogen and oxygen atoms in total. The van der Waals surface area contributed by atoms with E-state index < -0.39 is 4.33 Å². The Morgan fingerprint density at radius 2 is 2.40 bits per heavy atom. The molecule has 1 aliphatic rings. The number of hydrogen-bond acceptors (Lipinski definition) is 1. The number of nitrogens with zero attached hydrogens (tertiary/aromatic N) is 1. The molecule has 0 aromatic carbocycles. The molecule has 1 aromatic heterocycles. The van der Waals surface area contributed by atoms with Crippen molar-refractivity contribution < 1.29 is 0 Å². The van der Waals surface area contributed by atoms with Crippen LogP contribution in [0.5, 0.6) is 0 Å². The Kier molecular flexibility index (Phi) is 1.23. The number of aromatic amines is 1. The van der Waals surface area contributed by atoms with E-state index in [0.29, 0.717) is 0 Å². The molecule has 0 bridgehead atoms. The summed E-state index contributed by atoms with van der Waals surface area (Å²) in [5.74, 6) is 0.262. The maximum atomic E-state index is 5.82. The van der Waals surface area contributed by atoms with Gasteiger partial charge in [-0.2, -0.15) is 5.10 Å². The van der Waals surface area contributed by atoms with E-state index in [1.165, 1.54) is 0 Å². The summed E-state index contributed by atoms with van der Waals surface area (Å²) in [7, 11) is 0. The third-order valence-electron chi connectivity index (χ3n) is 1.72. The van der Waals surface area contributed by atoms with Gasteiger partial charge in [0.2, 0.25) is 0 Å². The second kappa shape index (κ2) is 1.89. The predicted molar refractivity (Wildman–Crippen MR) is 40.4 cm³/mol. The third kappa shape index (κ3) is 0.917. The lowest BCUT2D eigenvalue weighted by Crippen LogP contribution is -1.89. The van der Waals surface area contributed by atoms with E-state index in [2.05, 4.69) is 10.2 Å². The van der Waals surface area contributed by atoms with Gasteiger partial charge >= 0.3 is 0 Å². The van der Waals surface area contributed by atoms with Crippen LogP contribution in [0, 0.1) is 0 Å². The van der Waals surface area contributed by atoms with Crippen LogP contribution in [0.1, 0.15) is 18.0 Å². The topological polar surface area (TPSA) is 28.7 Å². The zero-order valence-corrected chi connectivity index (χ0v) is 6.65. The van der Waals surface area contributed by atoms with Gasteiger partial charge in [-0.15, -0.1) is 23.2 Å². The first kappa shape index (κ1) is 6.50. The van der Waals surface area contributed by atoms with Crippen molar-refractivity contribution in [2.24, 2.45) is 0 Å². The number of H-pyrrole nitrogens is 1. The van der Waals surface area contributed by atoms with Crippen LogP contribution in [-0.4, -0.2) is 14.5 Å². The van der Waals surface area contributed by atoms with Crippen molar-refractivity contribution in [3.05, 3.63) is 18.0 Å². The molecule has 1 saturated carbocycles. The van der Waals surface area contributed by atoms with Gasteiger partial charge < -0.3 is 0 Å². The molecule has 1 N–H and O–H groups in total. The summed E-state index contributed by atoms with van der Waals surface area (Å²) in [5.41, 5.74) is 1.03. The van der Waals surface area contributed by atoms with Gasteiger partial charge in [-0.3, -0.25) is 5.10 Å². The van der Waals surface area contributed by atoms with Crippen molar-refractivity contribution in [1.82, 2.24) is 10.2 Å². The minimum atomic E-state index is -0.535. The van der Waals surface area contributed by atoms with Gasteiger partial charge in [-0.1, -0.05) is 0 Å². The molecule has 2 rings (SSSR count). The SMILES string of the molecule is ClC1(Cl)CC1c1ccn[nH]1. The van der Waals surface area contributed by atoms with E-state index in [1.807, 2.05) is 6.07 Å². The highest BCUT2D eigenvalue weighted by atomic mass is 35.5. The lowest BCUT2D eigenvalue weighted by molar-refractivity contribution is 0.957. The van der Waals surface area contributed by atoms with Gasteiger partial charge in [0.15, 0.2) is 0 Å². The van der Waals surface area contributed by atoms with Crippen LogP contribution < -0.4 is 0 Å². The monoisotopic (exact) mass is 176 g/mol. The maximum Gasteiger partial charge on any atom is 0.127 e. The van der Waals surface area contributed by atoms with Crippen LogP contribution in [0.25, 0.3) is 0 Å². The molecule has 1 heterocycles. The lowest BCUT2D eigenvalue weighted by Gasteiger charge is -1.93. The van der Waals surface area contributed by atoms with Crippen molar-refractivity contribution in [2.75, 3.05) is 0 Å². The molecule has 54 valence electrons. The first-order valence-electron chi connectivity index (χ1n) is 3.07. The van der Waals surface area contributed by atoms with E-state index >= 15 is 0 Å². The Hall–Kier alpha value is -0.210. The van der Waals surface area contributed by atoms with Crippen molar-refractivity contribution in [2.45, 2.75) is 16.7 Å². The summed E-state index contributed by atoms with van der Waals surface area (Å²) in [5, 5.41) is 6.64. The number of alkyl halides is 2. The largest absolute Gasteiger partial charge is 0.282 e. The number of rotatable bonds is 1. The summed E-state index contributed by atoms with van der Waals surface area (Å²) in [6.45, 7) is 0. The Morgan fingerprint density at radius 3 is 2.80 bits per heavy atom. The Bertz CT molecular complexity index is 230. The highest BCUT2D eigenvalue weighted by molar-refractivity contribution is 6.51. The van der Waals surface area contributed by atoms with Gasteiger partial charge in [0.25, 0.3) is 0 Å².